The van der Waals surface area contributed by atoms with Crippen LogP contribution in [0, 0.1) is 0 Å². The van der Waals surface area contributed by atoms with E-state index in [1.807, 2.05) is 0 Å². The van der Waals surface area contributed by atoms with Crippen LogP contribution in [0.5, 0.6) is 0 Å². The molecule has 0 aliphatic heterocycles. The molecule has 1 aliphatic rings. The Morgan fingerprint density at radius 2 is 2.00 bits per heavy atom. The minimum atomic E-state index is -3.53. The van der Waals surface area contributed by atoms with Crippen LogP contribution >= 0.6 is 31.9 Å². The summed E-state index contributed by atoms with van der Waals surface area (Å²) >= 11 is 6.51. The quantitative estimate of drug-likeness (QED) is 0.819. The predicted octanol–water partition coefficient (Wildman–Crippen LogP) is 2.37. The predicted molar refractivity (Wildman–Crippen MR) is 77.8 cm³/mol. The van der Waals surface area contributed by atoms with Crippen LogP contribution in [0.15, 0.2) is 32.0 Å². The fraction of sp³-hybridized carbons (Fsp3) is 0.455. The molecule has 0 unspecified atom stereocenters. The molecule has 0 spiro atoms. The molecule has 2 rings (SSSR count). The lowest BCUT2D eigenvalue weighted by Gasteiger charge is -2.38. The Morgan fingerprint density at radius 3 is 2.56 bits per heavy atom. The standard InChI is InChI=1S/C11H14Br2N2O2S/c12-8-2-3-9(13)10(6-8)18(16,17)15-7-11(14)4-1-5-11/h2-3,6,15H,1,4-5,7,14H2. The number of benzene rings is 1. The maximum absolute atomic E-state index is 12.2. The number of sulfonamides is 1. The van der Waals surface area contributed by atoms with E-state index in [4.69, 9.17) is 5.73 Å². The van der Waals surface area contributed by atoms with Crippen LogP contribution in [0.4, 0.5) is 0 Å². The van der Waals surface area contributed by atoms with E-state index in [-0.39, 0.29) is 17.0 Å². The second kappa shape index (κ2) is 5.20. The molecule has 4 nitrogen and oxygen atoms in total. The second-order valence-corrected chi connectivity index (χ2v) is 8.12. The Balaban J connectivity index is 2.17. The first-order chi connectivity index (χ1) is 8.32. The zero-order valence-corrected chi connectivity index (χ0v) is 13.6. The van der Waals surface area contributed by atoms with Crippen LogP contribution in [0.3, 0.4) is 0 Å². The van der Waals surface area contributed by atoms with Crippen molar-refractivity contribution < 1.29 is 8.42 Å². The zero-order valence-electron chi connectivity index (χ0n) is 9.62. The van der Waals surface area contributed by atoms with Gasteiger partial charge in [-0.15, -0.1) is 0 Å². The summed E-state index contributed by atoms with van der Waals surface area (Å²) in [6.45, 7) is 0.286. The van der Waals surface area contributed by atoms with Crippen molar-refractivity contribution in [2.75, 3.05) is 6.54 Å². The van der Waals surface area contributed by atoms with Gasteiger partial charge in [-0.2, -0.15) is 0 Å². The minimum Gasteiger partial charge on any atom is -0.324 e. The molecule has 0 amide bonds. The highest BCUT2D eigenvalue weighted by molar-refractivity contribution is 9.11. The van der Waals surface area contributed by atoms with Crippen molar-refractivity contribution in [2.45, 2.75) is 29.7 Å². The SMILES string of the molecule is NC1(CNS(=O)(=O)c2cc(Br)ccc2Br)CCC1. The lowest BCUT2D eigenvalue weighted by atomic mass is 9.78. The van der Waals surface area contributed by atoms with Crippen molar-refractivity contribution in [2.24, 2.45) is 5.73 Å². The Morgan fingerprint density at radius 1 is 1.33 bits per heavy atom. The second-order valence-electron chi connectivity index (χ2n) is 4.62. The molecule has 0 atom stereocenters. The van der Waals surface area contributed by atoms with Crippen LogP contribution in [0.2, 0.25) is 0 Å². The Bertz CT molecular complexity index is 556. The highest BCUT2D eigenvalue weighted by atomic mass is 79.9. The molecule has 0 radical (unpaired) electrons. The molecule has 0 aromatic heterocycles. The summed E-state index contributed by atoms with van der Waals surface area (Å²) in [6, 6.07) is 5.04. The van der Waals surface area contributed by atoms with Crippen LogP contribution < -0.4 is 10.5 Å². The van der Waals surface area contributed by atoms with Gasteiger partial charge in [-0.3, -0.25) is 0 Å². The fourth-order valence-corrected chi connectivity index (χ4v) is 4.45. The van der Waals surface area contributed by atoms with Gasteiger partial charge in [-0.25, -0.2) is 13.1 Å². The number of rotatable bonds is 4. The molecule has 1 aromatic carbocycles. The number of nitrogens with two attached hydrogens (primary N) is 1. The number of halogens is 2. The van der Waals surface area contributed by atoms with Crippen LogP contribution in [-0.4, -0.2) is 20.5 Å². The van der Waals surface area contributed by atoms with Crippen LogP contribution in [-0.2, 0) is 10.0 Å². The zero-order chi connectivity index (χ0) is 13.4. The third kappa shape index (κ3) is 3.14. The topological polar surface area (TPSA) is 72.2 Å². The van der Waals surface area contributed by atoms with Crippen molar-refractivity contribution in [3.63, 3.8) is 0 Å². The van der Waals surface area contributed by atoms with Crippen molar-refractivity contribution in [3.05, 3.63) is 27.1 Å². The van der Waals surface area contributed by atoms with Crippen LogP contribution in [0.25, 0.3) is 0 Å². The summed E-state index contributed by atoms with van der Waals surface area (Å²) in [4.78, 5) is 0.222. The van der Waals surface area contributed by atoms with Gasteiger partial charge < -0.3 is 5.73 Å². The number of hydrogen-bond acceptors (Lipinski definition) is 3. The molecule has 0 bridgehead atoms. The first-order valence-corrected chi connectivity index (χ1v) is 8.63. The van der Waals surface area contributed by atoms with Crippen molar-refractivity contribution in [3.8, 4) is 0 Å². The van der Waals surface area contributed by atoms with Crippen molar-refractivity contribution in [1.29, 1.82) is 0 Å². The summed E-state index contributed by atoms with van der Waals surface area (Å²) in [5.41, 5.74) is 5.64. The van der Waals surface area contributed by atoms with E-state index in [1.165, 1.54) is 0 Å². The molecule has 1 aromatic rings. The Kier molecular flexibility index (Phi) is 4.18. The molecular weight excluding hydrogens is 384 g/mol. The Labute approximate surface area is 124 Å². The summed E-state index contributed by atoms with van der Waals surface area (Å²) in [6.07, 6.45) is 2.81. The smallest absolute Gasteiger partial charge is 0.241 e. The van der Waals surface area contributed by atoms with E-state index in [1.54, 1.807) is 18.2 Å². The average molecular weight is 398 g/mol. The molecule has 1 fully saturated rings. The molecule has 0 heterocycles. The van der Waals surface area contributed by atoms with Crippen molar-refractivity contribution >= 4 is 41.9 Å². The van der Waals surface area contributed by atoms with Gasteiger partial charge in [0.25, 0.3) is 0 Å². The first-order valence-electron chi connectivity index (χ1n) is 5.56. The third-order valence-electron chi connectivity index (χ3n) is 3.15. The van der Waals surface area contributed by atoms with Gasteiger partial charge in [0, 0.05) is 21.0 Å². The summed E-state index contributed by atoms with van der Waals surface area (Å²) < 4.78 is 28.2. The lowest BCUT2D eigenvalue weighted by molar-refractivity contribution is 0.251. The normalized spacial score (nSPS) is 18.4. The molecule has 1 aliphatic carbocycles. The highest BCUT2D eigenvalue weighted by Gasteiger charge is 2.34. The minimum absolute atomic E-state index is 0.222. The largest absolute Gasteiger partial charge is 0.324 e. The molecule has 3 N–H and O–H groups in total. The average Bonchev–Trinajstić information content (AvgIpc) is 2.27. The van der Waals surface area contributed by atoms with E-state index in [0.29, 0.717) is 4.47 Å². The summed E-state index contributed by atoms with van der Waals surface area (Å²) in [5, 5.41) is 0. The van der Waals surface area contributed by atoms with E-state index in [9.17, 15) is 8.42 Å². The summed E-state index contributed by atoms with van der Waals surface area (Å²) in [7, 11) is -3.53. The number of hydrogen-bond donors (Lipinski definition) is 2. The molecule has 100 valence electrons. The Hall–Kier alpha value is 0.0500. The monoisotopic (exact) mass is 396 g/mol. The van der Waals surface area contributed by atoms with E-state index in [2.05, 4.69) is 36.6 Å². The maximum atomic E-state index is 12.2. The van der Waals surface area contributed by atoms with E-state index in [0.717, 1.165) is 23.7 Å². The lowest BCUT2D eigenvalue weighted by Crippen LogP contribution is -2.54. The van der Waals surface area contributed by atoms with Crippen molar-refractivity contribution in [1.82, 2.24) is 4.72 Å². The molecule has 1 saturated carbocycles. The van der Waals surface area contributed by atoms with Gasteiger partial charge in [0.1, 0.15) is 0 Å². The first kappa shape index (κ1) is 14.5. The molecule has 18 heavy (non-hydrogen) atoms. The van der Waals surface area contributed by atoms with E-state index >= 15 is 0 Å². The number of nitrogens with one attached hydrogen (secondary N) is 1. The van der Waals surface area contributed by atoms with Gasteiger partial charge >= 0.3 is 0 Å². The van der Waals surface area contributed by atoms with Gasteiger partial charge in [0.05, 0.1) is 4.90 Å². The third-order valence-corrected chi connectivity index (χ3v) is 6.03. The molecule has 7 heteroatoms. The van der Waals surface area contributed by atoms with E-state index < -0.39 is 10.0 Å². The maximum Gasteiger partial charge on any atom is 0.241 e. The van der Waals surface area contributed by atoms with Gasteiger partial charge in [-0.05, 0) is 53.4 Å². The van der Waals surface area contributed by atoms with Gasteiger partial charge in [-0.1, -0.05) is 15.9 Å². The fourth-order valence-electron chi connectivity index (χ4n) is 1.81. The van der Waals surface area contributed by atoms with Gasteiger partial charge in [0.2, 0.25) is 10.0 Å². The highest BCUT2D eigenvalue weighted by Crippen LogP contribution is 2.30. The van der Waals surface area contributed by atoms with Gasteiger partial charge in [0.15, 0.2) is 0 Å². The summed E-state index contributed by atoms with van der Waals surface area (Å²) in [5.74, 6) is 0. The van der Waals surface area contributed by atoms with Crippen LogP contribution in [0.1, 0.15) is 19.3 Å². The molecule has 0 saturated heterocycles. The molecular formula is C11H14Br2N2O2S.